The number of aromatic nitrogens is 3. The van der Waals surface area contributed by atoms with Crippen molar-refractivity contribution in [1.29, 1.82) is 0 Å². The normalized spacial score (nSPS) is 11.4. The Bertz CT molecular complexity index is 1300. The Hall–Kier alpha value is -4.21. The average Bonchev–Trinajstić information content (AvgIpc) is 3.24. The lowest BCUT2D eigenvalue weighted by Crippen LogP contribution is -2.40. The van der Waals surface area contributed by atoms with Crippen molar-refractivity contribution in [3.63, 3.8) is 0 Å². The van der Waals surface area contributed by atoms with Crippen LogP contribution < -0.4 is 10.6 Å². The summed E-state index contributed by atoms with van der Waals surface area (Å²) in [4.78, 5) is 29.4. The van der Waals surface area contributed by atoms with Gasteiger partial charge >= 0.3 is 6.18 Å². The highest BCUT2D eigenvalue weighted by atomic mass is 19.4. The summed E-state index contributed by atoms with van der Waals surface area (Å²) in [5.74, 6) is -1.56. The number of alkyl halides is 3. The van der Waals surface area contributed by atoms with Gasteiger partial charge in [-0.2, -0.15) is 18.3 Å². The van der Waals surface area contributed by atoms with Gasteiger partial charge in [0.05, 0.1) is 35.9 Å². The van der Waals surface area contributed by atoms with Gasteiger partial charge in [-0.1, -0.05) is 60.7 Å². The predicted molar refractivity (Wildman–Crippen MR) is 120 cm³/mol. The van der Waals surface area contributed by atoms with Gasteiger partial charge in [0.1, 0.15) is 6.54 Å². The summed E-state index contributed by atoms with van der Waals surface area (Å²) in [7, 11) is 0. The van der Waals surface area contributed by atoms with Crippen molar-refractivity contribution in [3.8, 4) is 11.3 Å². The van der Waals surface area contributed by atoms with E-state index in [1.54, 1.807) is 16.1 Å². The van der Waals surface area contributed by atoms with Crippen LogP contribution in [0.3, 0.4) is 0 Å². The number of fused-ring (bicyclic) bond motifs is 1. The van der Waals surface area contributed by atoms with E-state index < -0.39 is 31.1 Å². The maximum atomic E-state index is 12.9. The van der Waals surface area contributed by atoms with Crippen molar-refractivity contribution in [2.45, 2.75) is 12.7 Å². The molecule has 0 aliphatic rings. The predicted octanol–water partition coefficient (Wildman–Crippen LogP) is 3.55. The average molecular weight is 467 g/mol. The molecule has 10 heteroatoms. The number of pyridine rings is 1. The molecule has 0 saturated carbocycles. The summed E-state index contributed by atoms with van der Waals surface area (Å²) >= 11 is 0. The quantitative estimate of drug-likeness (QED) is 0.435. The molecule has 2 heterocycles. The molecule has 4 aromatic rings. The van der Waals surface area contributed by atoms with E-state index in [1.807, 2.05) is 60.7 Å². The molecule has 2 aromatic carbocycles. The number of hydrogen-bond acceptors (Lipinski definition) is 4. The van der Waals surface area contributed by atoms with Crippen LogP contribution in [-0.4, -0.2) is 45.8 Å². The van der Waals surface area contributed by atoms with Crippen LogP contribution in [0.1, 0.15) is 15.9 Å². The van der Waals surface area contributed by atoms with Gasteiger partial charge in [-0.05, 0) is 11.6 Å². The molecule has 0 aliphatic heterocycles. The molecule has 0 radical (unpaired) electrons. The number of nitrogens with zero attached hydrogens (tertiary/aromatic N) is 3. The summed E-state index contributed by atoms with van der Waals surface area (Å²) < 4.78 is 38.6. The summed E-state index contributed by atoms with van der Waals surface area (Å²) in [5, 5.41) is 8.96. The molecule has 0 saturated heterocycles. The lowest BCUT2D eigenvalue weighted by molar-refractivity contribution is -0.137. The van der Waals surface area contributed by atoms with Crippen molar-refractivity contribution in [2.75, 3.05) is 13.1 Å². The zero-order chi connectivity index (χ0) is 24.1. The maximum absolute atomic E-state index is 12.9. The molecule has 0 spiro atoms. The molecule has 2 N–H and O–H groups in total. The third kappa shape index (κ3) is 5.58. The van der Waals surface area contributed by atoms with Crippen LogP contribution in [-0.2, 0) is 11.3 Å². The lowest BCUT2D eigenvalue weighted by Gasteiger charge is -2.11. The summed E-state index contributed by atoms with van der Waals surface area (Å²) in [5.41, 5.74) is 2.97. The van der Waals surface area contributed by atoms with Gasteiger partial charge in [0.15, 0.2) is 5.65 Å². The van der Waals surface area contributed by atoms with Gasteiger partial charge in [0, 0.05) is 5.56 Å². The second kappa shape index (κ2) is 9.74. The van der Waals surface area contributed by atoms with Crippen LogP contribution >= 0.6 is 0 Å². The third-order valence-corrected chi connectivity index (χ3v) is 4.99. The highest BCUT2D eigenvalue weighted by Crippen LogP contribution is 2.25. The zero-order valence-electron chi connectivity index (χ0n) is 17.8. The van der Waals surface area contributed by atoms with E-state index in [0.29, 0.717) is 23.3 Å². The third-order valence-electron chi connectivity index (χ3n) is 4.99. The van der Waals surface area contributed by atoms with E-state index in [2.05, 4.69) is 10.4 Å². The first kappa shape index (κ1) is 23.0. The fourth-order valence-electron chi connectivity index (χ4n) is 3.38. The molecular formula is C24H20F3N5O2. The minimum atomic E-state index is -4.53. The number of halogens is 3. The number of carbonyl (C=O) groups is 2. The second-order valence-corrected chi connectivity index (χ2v) is 7.52. The lowest BCUT2D eigenvalue weighted by atomic mass is 10.1. The highest BCUT2D eigenvalue weighted by Gasteiger charge is 2.27. The van der Waals surface area contributed by atoms with E-state index in [0.717, 1.165) is 11.1 Å². The smallest absolute Gasteiger partial charge is 0.345 e. The van der Waals surface area contributed by atoms with E-state index in [9.17, 15) is 22.8 Å². The fourth-order valence-corrected chi connectivity index (χ4v) is 3.38. The van der Waals surface area contributed by atoms with Crippen molar-refractivity contribution < 1.29 is 22.8 Å². The molecule has 2 amide bonds. The Labute approximate surface area is 192 Å². The number of carbonyl (C=O) groups excluding carboxylic acids is 2. The molecule has 7 nitrogen and oxygen atoms in total. The first-order valence-electron chi connectivity index (χ1n) is 10.4. The summed E-state index contributed by atoms with van der Waals surface area (Å²) in [6.45, 7) is -1.64. The summed E-state index contributed by atoms with van der Waals surface area (Å²) in [6, 6.07) is 20.4. The molecule has 0 bridgehead atoms. The van der Waals surface area contributed by atoms with Gasteiger partial charge < -0.3 is 10.6 Å². The Kier molecular flexibility index (Phi) is 6.58. The monoisotopic (exact) mass is 467 g/mol. The number of nitrogens with one attached hydrogen (secondary N) is 2. The first-order chi connectivity index (χ1) is 16.3. The molecule has 2 aromatic heterocycles. The van der Waals surface area contributed by atoms with Crippen LogP contribution in [0.5, 0.6) is 0 Å². The highest BCUT2D eigenvalue weighted by molar-refractivity contribution is 6.07. The van der Waals surface area contributed by atoms with Crippen LogP contribution in [0.2, 0.25) is 0 Å². The molecule has 0 unspecified atom stereocenters. The van der Waals surface area contributed by atoms with Gasteiger partial charge in [-0.15, -0.1) is 0 Å². The minimum Gasteiger partial charge on any atom is -0.345 e. The van der Waals surface area contributed by atoms with Crippen LogP contribution in [0.15, 0.2) is 72.9 Å². The first-order valence-corrected chi connectivity index (χ1v) is 10.4. The van der Waals surface area contributed by atoms with Gasteiger partial charge in [-0.3, -0.25) is 9.59 Å². The molecular weight excluding hydrogens is 447 g/mol. The summed E-state index contributed by atoms with van der Waals surface area (Å²) in [6.07, 6.45) is -3.02. The number of amides is 2. The van der Waals surface area contributed by atoms with Gasteiger partial charge in [0.25, 0.3) is 5.91 Å². The van der Waals surface area contributed by atoms with Crippen molar-refractivity contribution in [3.05, 3.63) is 84.1 Å². The van der Waals surface area contributed by atoms with Crippen molar-refractivity contribution in [2.24, 2.45) is 0 Å². The van der Waals surface area contributed by atoms with Gasteiger partial charge in [0.2, 0.25) is 5.91 Å². The van der Waals surface area contributed by atoms with Gasteiger partial charge in [-0.25, -0.2) is 9.67 Å². The molecule has 4 rings (SSSR count). The largest absolute Gasteiger partial charge is 0.405 e. The molecule has 34 heavy (non-hydrogen) atoms. The van der Waals surface area contributed by atoms with E-state index in [1.165, 1.54) is 6.20 Å². The van der Waals surface area contributed by atoms with E-state index in [4.69, 9.17) is 4.98 Å². The fraction of sp³-hybridized carbons (Fsp3) is 0.167. The molecule has 174 valence electrons. The van der Waals surface area contributed by atoms with Crippen LogP contribution in [0.25, 0.3) is 22.3 Å². The molecule has 0 fully saturated rings. The van der Waals surface area contributed by atoms with Crippen molar-refractivity contribution in [1.82, 2.24) is 25.4 Å². The number of rotatable bonds is 7. The number of hydrogen-bond donors (Lipinski definition) is 2. The number of benzene rings is 2. The standard InChI is InChI=1S/C24H20F3N5O2/c25-24(26,27)15-29-21(33)13-28-23(34)18-11-20(17-9-5-2-6-10-17)31-22-19(18)12-30-32(22)14-16-7-3-1-4-8-16/h1-12H,13-15H2,(H,28,34)(H,29,33). The van der Waals surface area contributed by atoms with E-state index in [-0.39, 0.29) is 5.56 Å². The van der Waals surface area contributed by atoms with E-state index >= 15 is 0 Å². The Morgan fingerprint density at radius 3 is 2.29 bits per heavy atom. The Balaban J connectivity index is 1.65. The van der Waals surface area contributed by atoms with Crippen LogP contribution in [0.4, 0.5) is 13.2 Å². The second-order valence-electron chi connectivity index (χ2n) is 7.52. The zero-order valence-corrected chi connectivity index (χ0v) is 17.8. The van der Waals surface area contributed by atoms with Crippen LogP contribution in [0, 0.1) is 0 Å². The maximum Gasteiger partial charge on any atom is 0.405 e. The SMILES string of the molecule is O=C(CNC(=O)c1cc(-c2ccccc2)nc2c1cnn2Cc1ccccc1)NCC(F)(F)F. The molecule has 0 aliphatic carbocycles. The minimum absolute atomic E-state index is 0.215. The Morgan fingerprint density at radius 1 is 0.941 bits per heavy atom. The topological polar surface area (TPSA) is 88.9 Å². The Morgan fingerprint density at radius 2 is 1.62 bits per heavy atom. The van der Waals surface area contributed by atoms with Crippen molar-refractivity contribution >= 4 is 22.8 Å². The molecule has 0 atom stereocenters.